The van der Waals surface area contributed by atoms with E-state index in [9.17, 15) is 9.59 Å². The summed E-state index contributed by atoms with van der Waals surface area (Å²) in [5.41, 5.74) is 2.41. The van der Waals surface area contributed by atoms with E-state index in [0.29, 0.717) is 12.1 Å². The number of nitrogens with zero attached hydrogens (tertiary/aromatic N) is 2. The SMILES string of the molecule is Cc1cccc(N2CC(CNC(=O)c3ccncc3)OC2=O)c1. The monoisotopic (exact) mass is 311 g/mol. The average molecular weight is 311 g/mol. The van der Waals surface area contributed by atoms with E-state index in [0.717, 1.165) is 11.3 Å². The van der Waals surface area contributed by atoms with Crippen molar-refractivity contribution in [1.29, 1.82) is 0 Å². The first-order chi connectivity index (χ1) is 11.1. The molecule has 0 saturated carbocycles. The maximum atomic E-state index is 12.0. The number of cyclic esters (lactones) is 1. The van der Waals surface area contributed by atoms with E-state index in [2.05, 4.69) is 10.3 Å². The zero-order valence-corrected chi connectivity index (χ0v) is 12.7. The van der Waals surface area contributed by atoms with E-state index in [1.54, 1.807) is 29.4 Å². The molecule has 2 heterocycles. The van der Waals surface area contributed by atoms with Gasteiger partial charge in [-0.15, -0.1) is 0 Å². The molecule has 3 rings (SSSR count). The molecule has 2 amide bonds. The Bertz CT molecular complexity index is 718. The van der Waals surface area contributed by atoms with Gasteiger partial charge in [-0.3, -0.25) is 14.7 Å². The molecule has 1 aliphatic heterocycles. The molecule has 1 N–H and O–H groups in total. The van der Waals surface area contributed by atoms with E-state index in [4.69, 9.17) is 4.74 Å². The standard InChI is InChI=1S/C17H17N3O3/c1-12-3-2-4-14(9-12)20-11-15(23-17(20)22)10-19-16(21)13-5-7-18-8-6-13/h2-9,15H,10-11H2,1H3,(H,19,21). The third-order valence-corrected chi connectivity index (χ3v) is 3.62. The summed E-state index contributed by atoms with van der Waals surface area (Å²) in [6, 6.07) is 10.9. The number of hydrogen-bond acceptors (Lipinski definition) is 4. The van der Waals surface area contributed by atoms with Crippen LogP contribution >= 0.6 is 0 Å². The quantitative estimate of drug-likeness (QED) is 0.939. The van der Waals surface area contributed by atoms with Crippen molar-refractivity contribution in [2.24, 2.45) is 0 Å². The van der Waals surface area contributed by atoms with Gasteiger partial charge in [0.2, 0.25) is 0 Å². The number of benzene rings is 1. The molecule has 2 aromatic rings. The first-order valence-corrected chi connectivity index (χ1v) is 7.36. The molecule has 1 aliphatic rings. The molecule has 0 spiro atoms. The Kier molecular flexibility index (Phi) is 4.23. The summed E-state index contributed by atoms with van der Waals surface area (Å²) in [4.78, 5) is 29.4. The summed E-state index contributed by atoms with van der Waals surface area (Å²) in [6.07, 6.45) is 2.36. The Hall–Kier alpha value is -2.89. The van der Waals surface area contributed by atoms with Crippen molar-refractivity contribution >= 4 is 17.7 Å². The molecule has 0 aliphatic carbocycles. The second kappa shape index (κ2) is 6.48. The number of pyridine rings is 1. The van der Waals surface area contributed by atoms with E-state index in [1.807, 2.05) is 31.2 Å². The summed E-state index contributed by atoms with van der Waals surface area (Å²) in [6.45, 7) is 2.66. The van der Waals surface area contributed by atoms with Crippen LogP contribution in [0.2, 0.25) is 0 Å². The summed E-state index contributed by atoms with van der Waals surface area (Å²) in [5.74, 6) is -0.211. The maximum Gasteiger partial charge on any atom is 0.414 e. The van der Waals surface area contributed by atoms with Crippen LogP contribution in [0.25, 0.3) is 0 Å². The van der Waals surface area contributed by atoms with Crippen LogP contribution in [-0.2, 0) is 4.74 Å². The van der Waals surface area contributed by atoms with Gasteiger partial charge in [0.1, 0.15) is 6.10 Å². The smallest absolute Gasteiger partial charge is 0.414 e. The summed E-state index contributed by atoms with van der Waals surface area (Å²) in [5, 5.41) is 2.77. The van der Waals surface area contributed by atoms with Crippen molar-refractivity contribution in [3.8, 4) is 0 Å². The van der Waals surface area contributed by atoms with Crippen molar-refractivity contribution in [2.75, 3.05) is 18.0 Å². The molecule has 1 fully saturated rings. The summed E-state index contributed by atoms with van der Waals surface area (Å²) in [7, 11) is 0. The van der Waals surface area contributed by atoms with Crippen LogP contribution in [0.1, 0.15) is 15.9 Å². The van der Waals surface area contributed by atoms with Crippen LogP contribution in [0.15, 0.2) is 48.8 Å². The van der Waals surface area contributed by atoms with Crippen LogP contribution in [0, 0.1) is 6.92 Å². The molecular formula is C17H17N3O3. The molecule has 1 aromatic carbocycles. The van der Waals surface area contributed by atoms with Gasteiger partial charge in [-0.1, -0.05) is 12.1 Å². The average Bonchev–Trinajstić information content (AvgIpc) is 2.94. The number of amides is 2. The Morgan fingerprint density at radius 3 is 2.87 bits per heavy atom. The molecule has 0 bridgehead atoms. The predicted molar refractivity (Wildman–Crippen MR) is 85.4 cm³/mol. The second-order valence-corrected chi connectivity index (χ2v) is 5.40. The molecule has 1 atom stereocenters. The highest BCUT2D eigenvalue weighted by molar-refractivity contribution is 5.94. The van der Waals surface area contributed by atoms with Gasteiger partial charge in [0, 0.05) is 23.6 Å². The Morgan fingerprint density at radius 2 is 2.13 bits per heavy atom. The number of aryl methyl sites for hydroxylation is 1. The predicted octanol–water partition coefficient (Wildman–Crippen LogP) is 2.15. The van der Waals surface area contributed by atoms with Gasteiger partial charge in [0.05, 0.1) is 13.1 Å². The largest absolute Gasteiger partial charge is 0.442 e. The minimum absolute atomic E-state index is 0.211. The Labute approximate surface area is 134 Å². The molecule has 6 heteroatoms. The zero-order chi connectivity index (χ0) is 16.2. The molecule has 118 valence electrons. The van der Waals surface area contributed by atoms with Gasteiger partial charge in [-0.05, 0) is 36.8 Å². The fourth-order valence-corrected chi connectivity index (χ4v) is 2.45. The normalized spacial score (nSPS) is 17.0. The van der Waals surface area contributed by atoms with Crippen molar-refractivity contribution < 1.29 is 14.3 Å². The first kappa shape index (κ1) is 15.0. The van der Waals surface area contributed by atoms with Crippen LogP contribution in [0.5, 0.6) is 0 Å². The van der Waals surface area contributed by atoms with Gasteiger partial charge >= 0.3 is 6.09 Å². The number of carbonyl (C=O) groups excluding carboxylic acids is 2. The highest BCUT2D eigenvalue weighted by Gasteiger charge is 2.32. The molecule has 1 saturated heterocycles. The number of aromatic nitrogens is 1. The third-order valence-electron chi connectivity index (χ3n) is 3.62. The van der Waals surface area contributed by atoms with Gasteiger partial charge < -0.3 is 10.1 Å². The van der Waals surface area contributed by atoms with E-state index < -0.39 is 6.09 Å². The van der Waals surface area contributed by atoms with Crippen LogP contribution in [-0.4, -0.2) is 36.2 Å². The van der Waals surface area contributed by atoms with Crippen LogP contribution in [0.4, 0.5) is 10.5 Å². The van der Waals surface area contributed by atoms with Crippen molar-refractivity contribution in [1.82, 2.24) is 10.3 Å². The van der Waals surface area contributed by atoms with Crippen LogP contribution in [0.3, 0.4) is 0 Å². The minimum atomic E-state index is -0.390. The number of nitrogens with one attached hydrogen (secondary N) is 1. The number of anilines is 1. The lowest BCUT2D eigenvalue weighted by Gasteiger charge is -2.13. The first-order valence-electron chi connectivity index (χ1n) is 7.36. The van der Waals surface area contributed by atoms with Crippen LogP contribution < -0.4 is 10.2 Å². The number of rotatable bonds is 4. The Morgan fingerprint density at radius 1 is 1.35 bits per heavy atom. The topological polar surface area (TPSA) is 71.5 Å². The lowest BCUT2D eigenvalue weighted by atomic mass is 10.2. The molecule has 6 nitrogen and oxygen atoms in total. The molecule has 1 unspecified atom stereocenters. The lowest BCUT2D eigenvalue weighted by molar-refractivity contribution is 0.0916. The highest BCUT2D eigenvalue weighted by Crippen LogP contribution is 2.22. The maximum absolute atomic E-state index is 12.0. The van der Waals surface area contributed by atoms with Gasteiger partial charge in [0.25, 0.3) is 5.91 Å². The second-order valence-electron chi connectivity index (χ2n) is 5.40. The molecule has 1 aromatic heterocycles. The third kappa shape index (κ3) is 3.48. The summed E-state index contributed by atoms with van der Waals surface area (Å²) < 4.78 is 5.31. The lowest BCUT2D eigenvalue weighted by Crippen LogP contribution is -2.34. The van der Waals surface area contributed by atoms with E-state index in [-0.39, 0.29) is 18.6 Å². The summed E-state index contributed by atoms with van der Waals surface area (Å²) >= 11 is 0. The number of hydrogen-bond donors (Lipinski definition) is 1. The van der Waals surface area contributed by atoms with Crippen molar-refractivity contribution in [3.05, 3.63) is 59.9 Å². The van der Waals surface area contributed by atoms with Crippen molar-refractivity contribution in [3.63, 3.8) is 0 Å². The van der Waals surface area contributed by atoms with Gasteiger partial charge in [-0.2, -0.15) is 0 Å². The Balaban J connectivity index is 1.59. The fourth-order valence-electron chi connectivity index (χ4n) is 2.45. The van der Waals surface area contributed by atoms with E-state index >= 15 is 0 Å². The highest BCUT2D eigenvalue weighted by atomic mass is 16.6. The van der Waals surface area contributed by atoms with Crippen molar-refractivity contribution in [2.45, 2.75) is 13.0 Å². The number of carbonyl (C=O) groups is 2. The van der Waals surface area contributed by atoms with Gasteiger partial charge in [0.15, 0.2) is 0 Å². The molecule has 0 radical (unpaired) electrons. The zero-order valence-electron chi connectivity index (χ0n) is 12.7. The molecular weight excluding hydrogens is 294 g/mol. The molecule has 23 heavy (non-hydrogen) atoms. The van der Waals surface area contributed by atoms with Gasteiger partial charge in [-0.25, -0.2) is 4.79 Å². The number of ether oxygens (including phenoxy) is 1. The van der Waals surface area contributed by atoms with E-state index in [1.165, 1.54) is 0 Å². The fraction of sp³-hybridized carbons (Fsp3) is 0.235. The minimum Gasteiger partial charge on any atom is -0.442 e.